The summed E-state index contributed by atoms with van der Waals surface area (Å²) in [7, 11) is 0. The predicted molar refractivity (Wildman–Crippen MR) is 105 cm³/mol. The summed E-state index contributed by atoms with van der Waals surface area (Å²) >= 11 is 6.31. The lowest BCUT2D eigenvalue weighted by molar-refractivity contribution is 0.0526. The monoisotopic (exact) mass is 385 g/mol. The molecular formula is C20H20ClN3O3. The van der Waals surface area contributed by atoms with Gasteiger partial charge in [-0.15, -0.1) is 0 Å². The zero-order chi connectivity index (χ0) is 19.2. The summed E-state index contributed by atoms with van der Waals surface area (Å²) in [6.07, 6.45) is 4.04. The van der Waals surface area contributed by atoms with Crippen molar-refractivity contribution in [2.24, 2.45) is 0 Å². The van der Waals surface area contributed by atoms with E-state index in [0.29, 0.717) is 42.4 Å². The molecule has 1 aromatic carbocycles. The minimum atomic E-state index is -0.445. The fourth-order valence-corrected chi connectivity index (χ4v) is 3.08. The number of rotatable bonds is 4. The van der Waals surface area contributed by atoms with Gasteiger partial charge < -0.3 is 15.0 Å². The number of carbonyl (C=O) groups is 2. The fraction of sp³-hybridized carbons (Fsp3) is 0.250. The maximum absolute atomic E-state index is 12.4. The molecule has 27 heavy (non-hydrogen) atoms. The molecule has 0 saturated carbocycles. The van der Waals surface area contributed by atoms with Gasteiger partial charge in [-0.2, -0.15) is 0 Å². The molecule has 0 unspecified atom stereocenters. The first-order valence-corrected chi connectivity index (χ1v) is 9.09. The van der Waals surface area contributed by atoms with E-state index in [1.165, 1.54) is 6.20 Å². The molecule has 0 bridgehead atoms. The van der Waals surface area contributed by atoms with Gasteiger partial charge in [0.2, 0.25) is 0 Å². The Morgan fingerprint density at radius 1 is 1.30 bits per heavy atom. The second-order valence-corrected chi connectivity index (χ2v) is 6.40. The molecule has 1 aliphatic heterocycles. The van der Waals surface area contributed by atoms with Gasteiger partial charge in [-0.1, -0.05) is 35.9 Å². The Morgan fingerprint density at radius 3 is 2.70 bits per heavy atom. The molecule has 2 aromatic rings. The lowest BCUT2D eigenvalue weighted by Gasteiger charge is -2.26. The molecule has 7 heteroatoms. The number of anilines is 1. The Hall–Kier alpha value is -2.86. The van der Waals surface area contributed by atoms with Crippen molar-refractivity contribution >= 4 is 34.9 Å². The predicted octanol–water partition coefficient (Wildman–Crippen LogP) is 4.23. The number of nitrogens with one attached hydrogen (secondary N) is 1. The highest BCUT2D eigenvalue weighted by atomic mass is 35.5. The molecule has 0 radical (unpaired) electrons. The highest BCUT2D eigenvalue weighted by Gasteiger charge is 2.20. The third kappa shape index (κ3) is 4.65. The van der Waals surface area contributed by atoms with Gasteiger partial charge in [-0.25, -0.2) is 9.59 Å². The van der Waals surface area contributed by atoms with Gasteiger partial charge in [0.25, 0.3) is 0 Å². The van der Waals surface area contributed by atoms with E-state index in [1.54, 1.807) is 17.9 Å². The number of aromatic nitrogens is 1. The second-order valence-electron chi connectivity index (χ2n) is 6.00. The number of ether oxygens (including phenoxy) is 1. The largest absolute Gasteiger partial charge is 0.462 e. The number of hydrogen-bond acceptors (Lipinski definition) is 4. The number of nitrogens with zero attached hydrogens (tertiary/aromatic N) is 2. The van der Waals surface area contributed by atoms with Gasteiger partial charge in [0.1, 0.15) is 0 Å². The summed E-state index contributed by atoms with van der Waals surface area (Å²) in [6.45, 7) is 3.06. The van der Waals surface area contributed by atoms with Crippen LogP contribution in [0.5, 0.6) is 0 Å². The maximum atomic E-state index is 12.4. The number of halogens is 1. The number of pyridine rings is 1. The average Bonchev–Trinajstić information content (AvgIpc) is 2.69. The number of urea groups is 1. The van der Waals surface area contributed by atoms with Crippen molar-refractivity contribution in [1.82, 2.24) is 9.88 Å². The average molecular weight is 386 g/mol. The van der Waals surface area contributed by atoms with Crippen LogP contribution in [0, 0.1) is 0 Å². The van der Waals surface area contributed by atoms with Crippen LogP contribution < -0.4 is 5.32 Å². The summed E-state index contributed by atoms with van der Waals surface area (Å²) in [5, 5.41) is 3.27. The molecule has 3 rings (SSSR count). The SMILES string of the molecule is CCOC(=O)c1cnc(C2=CCN(C(=O)Nc3ccccc3)CC2)c(Cl)c1. The van der Waals surface area contributed by atoms with Crippen molar-refractivity contribution < 1.29 is 14.3 Å². The van der Waals surface area contributed by atoms with E-state index in [2.05, 4.69) is 10.3 Å². The summed E-state index contributed by atoms with van der Waals surface area (Å²) in [5.41, 5.74) is 2.68. The van der Waals surface area contributed by atoms with E-state index in [4.69, 9.17) is 16.3 Å². The van der Waals surface area contributed by atoms with Crippen molar-refractivity contribution in [3.8, 4) is 0 Å². The van der Waals surface area contributed by atoms with Gasteiger partial charge in [-0.05, 0) is 37.1 Å². The molecule has 1 aromatic heterocycles. The Labute approximate surface area is 162 Å². The molecule has 0 atom stereocenters. The van der Waals surface area contributed by atoms with E-state index < -0.39 is 5.97 Å². The van der Waals surface area contributed by atoms with E-state index in [9.17, 15) is 9.59 Å². The van der Waals surface area contributed by atoms with Gasteiger partial charge in [0, 0.05) is 25.0 Å². The van der Waals surface area contributed by atoms with Crippen molar-refractivity contribution in [3.63, 3.8) is 0 Å². The van der Waals surface area contributed by atoms with Crippen LogP contribution in [-0.4, -0.2) is 41.6 Å². The lowest BCUT2D eigenvalue weighted by atomic mass is 10.0. The van der Waals surface area contributed by atoms with E-state index >= 15 is 0 Å². The molecule has 0 aliphatic carbocycles. The first-order chi connectivity index (χ1) is 13.1. The highest BCUT2D eigenvalue weighted by molar-refractivity contribution is 6.32. The number of amides is 2. The summed E-state index contributed by atoms with van der Waals surface area (Å²) in [6, 6.07) is 10.8. The fourth-order valence-electron chi connectivity index (χ4n) is 2.79. The molecular weight excluding hydrogens is 366 g/mol. The van der Waals surface area contributed by atoms with Crippen molar-refractivity contribution in [3.05, 3.63) is 65.0 Å². The summed E-state index contributed by atoms with van der Waals surface area (Å²) in [4.78, 5) is 30.2. The minimum Gasteiger partial charge on any atom is -0.462 e. The second kappa shape index (κ2) is 8.68. The van der Waals surface area contributed by atoms with Crippen molar-refractivity contribution in [2.75, 3.05) is 25.0 Å². The van der Waals surface area contributed by atoms with Gasteiger partial charge in [0.05, 0.1) is 22.9 Å². The molecule has 2 heterocycles. The molecule has 1 aliphatic rings. The smallest absolute Gasteiger partial charge is 0.339 e. The molecule has 6 nitrogen and oxygen atoms in total. The first kappa shape index (κ1) is 18.9. The third-order valence-corrected chi connectivity index (χ3v) is 4.47. The topological polar surface area (TPSA) is 71.5 Å². The van der Waals surface area contributed by atoms with Gasteiger partial charge >= 0.3 is 12.0 Å². The van der Waals surface area contributed by atoms with E-state index in [0.717, 1.165) is 11.3 Å². The molecule has 0 saturated heterocycles. The Bertz CT molecular complexity index is 868. The summed E-state index contributed by atoms with van der Waals surface area (Å²) in [5.74, 6) is -0.445. The quantitative estimate of drug-likeness (QED) is 0.799. The molecule has 0 fully saturated rings. The third-order valence-electron chi connectivity index (χ3n) is 4.18. The van der Waals surface area contributed by atoms with Crippen LogP contribution in [0.2, 0.25) is 5.02 Å². The van der Waals surface area contributed by atoms with Gasteiger partial charge in [0.15, 0.2) is 0 Å². The van der Waals surface area contributed by atoms with Crippen LogP contribution in [-0.2, 0) is 4.74 Å². The van der Waals surface area contributed by atoms with E-state index in [-0.39, 0.29) is 6.03 Å². The molecule has 2 amide bonds. The Balaban J connectivity index is 1.66. The molecule has 1 N–H and O–H groups in total. The van der Waals surface area contributed by atoms with Crippen LogP contribution in [0.3, 0.4) is 0 Å². The van der Waals surface area contributed by atoms with Crippen molar-refractivity contribution in [1.29, 1.82) is 0 Å². The Morgan fingerprint density at radius 2 is 2.07 bits per heavy atom. The molecule has 140 valence electrons. The maximum Gasteiger partial charge on any atom is 0.339 e. The number of hydrogen-bond donors (Lipinski definition) is 1. The minimum absolute atomic E-state index is 0.145. The number of benzene rings is 1. The number of para-hydroxylation sites is 1. The van der Waals surface area contributed by atoms with Crippen molar-refractivity contribution in [2.45, 2.75) is 13.3 Å². The van der Waals surface area contributed by atoms with E-state index in [1.807, 2.05) is 36.4 Å². The zero-order valence-corrected chi connectivity index (χ0v) is 15.7. The van der Waals surface area contributed by atoms with Gasteiger partial charge in [-0.3, -0.25) is 4.98 Å². The van der Waals surface area contributed by atoms with Crippen LogP contribution in [0.1, 0.15) is 29.4 Å². The standard InChI is InChI=1S/C20H20ClN3O3/c1-2-27-19(25)15-12-17(21)18(22-13-15)14-8-10-24(11-9-14)20(26)23-16-6-4-3-5-7-16/h3-8,12-13H,2,9-11H2,1H3,(H,23,26). The number of carbonyl (C=O) groups excluding carboxylic acids is 2. The van der Waals surface area contributed by atoms with Crippen LogP contribution in [0.4, 0.5) is 10.5 Å². The van der Waals surface area contributed by atoms with Crippen LogP contribution in [0.15, 0.2) is 48.7 Å². The summed E-state index contributed by atoms with van der Waals surface area (Å²) < 4.78 is 4.95. The highest BCUT2D eigenvalue weighted by Crippen LogP contribution is 2.28. The normalized spacial score (nSPS) is 13.7. The zero-order valence-electron chi connectivity index (χ0n) is 14.9. The number of esters is 1. The molecule has 0 spiro atoms. The first-order valence-electron chi connectivity index (χ1n) is 8.71. The van der Waals surface area contributed by atoms with Crippen LogP contribution >= 0.6 is 11.6 Å². The lowest BCUT2D eigenvalue weighted by Crippen LogP contribution is -2.37. The Kier molecular flexibility index (Phi) is 6.08. The van der Waals surface area contributed by atoms with Crippen LogP contribution in [0.25, 0.3) is 5.57 Å².